The van der Waals surface area contributed by atoms with Gasteiger partial charge in [-0.15, -0.1) is 0 Å². The molecule has 2 aromatic rings. The Hall–Kier alpha value is -2.52. The fourth-order valence-electron chi connectivity index (χ4n) is 3.45. The summed E-state index contributed by atoms with van der Waals surface area (Å²) < 4.78 is 12.5. The number of hydrogen-bond acceptors (Lipinski definition) is 8. The Morgan fingerprint density at radius 1 is 1.39 bits per heavy atom. The molecule has 9 nitrogen and oxygen atoms in total. The summed E-state index contributed by atoms with van der Waals surface area (Å²) >= 11 is 0. The average molecular weight is 390 g/mol. The molecular weight excluding hydrogens is 364 g/mol. The van der Waals surface area contributed by atoms with Gasteiger partial charge in [0.1, 0.15) is 30.2 Å². The molecule has 0 bridgehead atoms. The monoisotopic (exact) mass is 390 g/mol. The molecule has 0 radical (unpaired) electrons. The molecular formula is C19H26N4O5. The van der Waals surface area contributed by atoms with Gasteiger partial charge in [-0.1, -0.05) is 26.2 Å². The number of ketones is 1. The van der Waals surface area contributed by atoms with Crippen LogP contribution < -0.4 is 5.73 Å². The van der Waals surface area contributed by atoms with E-state index in [4.69, 9.17) is 15.2 Å². The van der Waals surface area contributed by atoms with Crippen molar-refractivity contribution in [2.45, 2.75) is 63.8 Å². The van der Waals surface area contributed by atoms with E-state index in [1.165, 1.54) is 10.8 Å². The molecule has 0 saturated carbocycles. The predicted octanol–water partition coefficient (Wildman–Crippen LogP) is 1.37. The zero-order valence-corrected chi connectivity index (χ0v) is 16.1. The zero-order chi connectivity index (χ0) is 20.3. The fourth-order valence-corrected chi connectivity index (χ4v) is 3.45. The molecule has 3 atom stereocenters. The summed E-state index contributed by atoms with van der Waals surface area (Å²) in [6.07, 6.45) is 3.01. The van der Waals surface area contributed by atoms with E-state index in [1.54, 1.807) is 19.1 Å². The van der Waals surface area contributed by atoms with Crippen LogP contribution in [0.3, 0.4) is 0 Å². The molecule has 3 N–H and O–H groups in total. The van der Waals surface area contributed by atoms with Gasteiger partial charge >= 0.3 is 5.97 Å². The highest BCUT2D eigenvalue weighted by Crippen LogP contribution is 2.38. The van der Waals surface area contributed by atoms with Crippen LogP contribution >= 0.6 is 0 Å². The van der Waals surface area contributed by atoms with Crippen molar-refractivity contribution in [2.75, 3.05) is 12.3 Å². The first kappa shape index (κ1) is 20.2. The lowest BCUT2D eigenvalue weighted by Crippen LogP contribution is -2.37. The minimum atomic E-state index is -1.42. The summed E-state index contributed by atoms with van der Waals surface area (Å²) in [5.41, 5.74) is 5.51. The largest absolute Gasteiger partial charge is 0.462 e. The van der Waals surface area contributed by atoms with Crippen molar-refractivity contribution in [3.63, 3.8) is 0 Å². The summed E-state index contributed by atoms with van der Waals surface area (Å²) in [6, 6.07) is 3.37. The molecule has 3 rings (SSSR count). The van der Waals surface area contributed by atoms with Gasteiger partial charge in [0.25, 0.3) is 0 Å². The number of aliphatic hydroxyl groups is 1. The van der Waals surface area contributed by atoms with E-state index in [0.717, 1.165) is 25.7 Å². The molecule has 9 heteroatoms. The Labute approximate surface area is 162 Å². The van der Waals surface area contributed by atoms with Crippen LogP contribution in [0.5, 0.6) is 0 Å². The molecule has 0 spiro atoms. The number of rotatable bonds is 8. The quantitative estimate of drug-likeness (QED) is 0.511. The molecule has 0 aromatic carbocycles. The summed E-state index contributed by atoms with van der Waals surface area (Å²) in [6.45, 7) is 3.47. The first-order chi connectivity index (χ1) is 13.4. The van der Waals surface area contributed by atoms with Gasteiger partial charge in [-0.25, -0.2) is 9.50 Å². The molecule has 0 aliphatic carbocycles. The van der Waals surface area contributed by atoms with Gasteiger partial charge in [0, 0.05) is 6.42 Å². The van der Waals surface area contributed by atoms with Crippen LogP contribution in [0.4, 0.5) is 5.82 Å². The summed E-state index contributed by atoms with van der Waals surface area (Å²) in [4.78, 5) is 28.3. The maximum atomic E-state index is 12.5. The molecule has 1 aliphatic heterocycles. The van der Waals surface area contributed by atoms with Crippen molar-refractivity contribution in [3.8, 4) is 0 Å². The Balaban J connectivity index is 1.68. The number of nitrogens with two attached hydrogens (primary N) is 1. The first-order valence-corrected chi connectivity index (χ1v) is 9.52. The van der Waals surface area contributed by atoms with Crippen molar-refractivity contribution >= 4 is 23.1 Å². The molecule has 1 saturated heterocycles. The third-order valence-electron chi connectivity index (χ3n) is 5.12. The predicted molar refractivity (Wildman–Crippen MR) is 100 cm³/mol. The third kappa shape index (κ3) is 3.72. The van der Waals surface area contributed by atoms with E-state index in [1.807, 2.05) is 0 Å². The Kier molecular flexibility index (Phi) is 5.95. The van der Waals surface area contributed by atoms with Gasteiger partial charge in [0.2, 0.25) is 0 Å². The van der Waals surface area contributed by atoms with E-state index < -0.39 is 23.6 Å². The number of anilines is 1. The lowest BCUT2D eigenvalue weighted by Gasteiger charge is -2.26. The number of fused-ring (bicyclic) bond motifs is 1. The first-order valence-electron chi connectivity index (χ1n) is 9.52. The molecule has 152 valence electrons. The minimum absolute atomic E-state index is 0.224. The maximum Gasteiger partial charge on any atom is 0.305 e. The van der Waals surface area contributed by atoms with Gasteiger partial charge in [0.15, 0.2) is 17.7 Å². The molecule has 0 unspecified atom stereocenters. The number of hydrogen-bond donors (Lipinski definition) is 2. The van der Waals surface area contributed by atoms with Crippen LogP contribution in [0.25, 0.3) is 5.52 Å². The second kappa shape index (κ2) is 8.24. The maximum absolute atomic E-state index is 12.5. The van der Waals surface area contributed by atoms with E-state index in [0.29, 0.717) is 17.6 Å². The standard InChI is InChI=1S/C19H26N4O5/c1-3-4-5-6-7-15(24)27-10-13-16(25)17(26)19(2,28-13)14-9-8-12-18(20)21-11-22-23(12)14/h8-9,11,13,17,26H,3-7,10H2,1-2H3,(H2,20,21,22)/t13-,17-,19+/m1/s1. The highest BCUT2D eigenvalue weighted by molar-refractivity contribution is 5.91. The topological polar surface area (TPSA) is 129 Å². The fraction of sp³-hybridized carbons (Fsp3) is 0.579. The Morgan fingerprint density at radius 2 is 2.18 bits per heavy atom. The molecule has 3 heterocycles. The van der Waals surface area contributed by atoms with E-state index in [9.17, 15) is 14.7 Å². The van der Waals surface area contributed by atoms with Crippen molar-refractivity contribution in [1.82, 2.24) is 14.6 Å². The number of aromatic nitrogens is 3. The van der Waals surface area contributed by atoms with Crippen molar-refractivity contribution < 1.29 is 24.2 Å². The highest BCUT2D eigenvalue weighted by atomic mass is 16.6. The number of ether oxygens (including phenoxy) is 2. The summed E-state index contributed by atoms with van der Waals surface area (Å²) in [5, 5.41) is 14.7. The van der Waals surface area contributed by atoms with Gasteiger partial charge in [0.05, 0.1) is 5.69 Å². The van der Waals surface area contributed by atoms with E-state index in [2.05, 4.69) is 17.0 Å². The lowest BCUT2D eigenvalue weighted by atomic mass is 9.94. The zero-order valence-electron chi connectivity index (χ0n) is 16.1. The number of esters is 1. The van der Waals surface area contributed by atoms with Crippen LogP contribution in [0, 0.1) is 0 Å². The van der Waals surface area contributed by atoms with Gasteiger partial charge < -0.3 is 20.3 Å². The Bertz CT molecular complexity index is 867. The van der Waals surface area contributed by atoms with Crippen LogP contribution in [0.1, 0.15) is 51.6 Å². The smallest absolute Gasteiger partial charge is 0.305 e. The second-order valence-corrected chi connectivity index (χ2v) is 7.17. The summed E-state index contributed by atoms with van der Waals surface area (Å²) in [7, 11) is 0. The summed E-state index contributed by atoms with van der Waals surface area (Å²) in [5.74, 6) is -0.625. The van der Waals surface area contributed by atoms with Gasteiger partial charge in [-0.2, -0.15) is 5.10 Å². The molecule has 2 aromatic heterocycles. The normalized spacial score (nSPS) is 24.8. The molecule has 28 heavy (non-hydrogen) atoms. The molecule has 0 amide bonds. The third-order valence-corrected chi connectivity index (χ3v) is 5.12. The van der Waals surface area contributed by atoms with Crippen molar-refractivity contribution in [1.29, 1.82) is 0 Å². The van der Waals surface area contributed by atoms with E-state index in [-0.39, 0.29) is 18.4 Å². The SMILES string of the molecule is CCCCCCC(=O)OC[C@H]1O[C@@](C)(c2ccc3c(N)ncnn23)[C@H](O)C1=O. The van der Waals surface area contributed by atoms with E-state index >= 15 is 0 Å². The number of carbonyl (C=O) groups excluding carboxylic acids is 2. The number of unbranched alkanes of at least 4 members (excludes halogenated alkanes) is 3. The molecule has 1 aliphatic rings. The van der Waals surface area contributed by atoms with Gasteiger partial charge in [-0.3, -0.25) is 9.59 Å². The second-order valence-electron chi connectivity index (χ2n) is 7.17. The van der Waals surface area contributed by atoms with Gasteiger partial charge in [-0.05, 0) is 25.5 Å². The Morgan fingerprint density at radius 3 is 2.93 bits per heavy atom. The van der Waals surface area contributed by atoms with Crippen LogP contribution in [0.15, 0.2) is 18.5 Å². The number of nitrogens with zero attached hydrogens (tertiary/aromatic N) is 3. The number of carbonyl (C=O) groups is 2. The highest BCUT2D eigenvalue weighted by Gasteiger charge is 2.54. The van der Waals surface area contributed by atoms with Crippen LogP contribution in [-0.4, -0.2) is 50.3 Å². The number of nitrogen functional groups attached to an aromatic ring is 1. The minimum Gasteiger partial charge on any atom is -0.462 e. The number of Topliss-reactive ketones (excluding diaryl/α,β-unsaturated/α-hetero) is 1. The van der Waals surface area contributed by atoms with Crippen molar-refractivity contribution in [3.05, 3.63) is 24.2 Å². The lowest BCUT2D eigenvalue weighted by molar-refractivity contribution is -0.151. The number of aliphatic hydroxyl groups excluding tert-OH is 1. The van der Waals surface area contributed by atoms with Crippen LogP contribution in [-0.2, 0) is 24.7 Å². The average Bonchev–Trinajstić information content (AvgIpc) is 3.21. The van der Waals surface area contributed by atoms with Crippen molar-refractivity contribution in [2.24, 2.45) is 0 Å². The molecule has 1 fully saturated rings. The van der Waals surface area contributed by atoms with Crippen LogP contribution in [0.2, 0.25) is 0 Å².